The molecule has 3 aromatic rings. The van der Waals surface area contributed by atoms with Gasteiger partial charge in [-0.25, -0.2) is 4.68 Å². The number of ether oxygens (including phenoxy) is 1. The van der Waals surface area contributed by atoms with Crippen molar-refractivity contribution in [2.45, 2.75) is 19.6 Å². The molecule has 0 saturated heterocycles. The van der Waals surface area contributed by atoms with Crippen LogP contribution in [-0.4, -0.2) is 37.3 Å². The Bertz CT molecular complexity index is 909. The lowest BCUT2D eigenvalue weighted by molar-refractivity contribution is -0.122. The summed E-state index contributed by atoms with van der Waals surface area (Å²) in [5.74, 6) is 0.844. The molecule has 134 valence electrons. The van der Waals surface area contributed by atoms with Gasteiger partial charge in [0.15, 0.2) is 11.9 Å². The summed E-state index contributed by atoms with van der Waals surface area (Å²) in [7, 11) is 1.75. The van der Waals surface area contributed by atoms with E-state index in [2.05, 4.69) is 20.8 Å². The molecule has 1 amide bonds. The first kappa shape index (κ1) is 17.6. The molecule has 2 N–H and O–H groups in total. The number of benzene rings is 2. The van der Waals surface area contributed by atoms with Crippen LogP contribution in [0.1, 0.15) is 12.5 Å². The van der Waals surface area contributed by atoms with Gasteiger partial charge in [0.2, 0.25) is 0 Å². The van der Waals surface area contributed by atoms with E-state index in [4.69, 9.17) is 4.74 Å². The molecule has 3 rings (SSSR count). The highest BCUT2D eigenvalue weighted by molar-refractivity contribution is 5.94. The highest BCUT2D eigenvalue weighted by Crippen LogP contribution is 2.20. The molecule has 1 heterocycles. The third-order valence-corrected chi connectivity index (χ3v) is 3.77. The van der Waals surface area contributed by atoms with Crippen molar-refractivity contribution >= 4 is 11.6 Å². The molecule has 0 spiro atoms. The summed E-state index contributed by atoms with van der Waals surface area (Å²) < 4.78 is 7.21. The lowest BCUT2D eigenvalue weighted by atomic mass is 10.2. The Hall–Kier alpha value is -3.26. The predicted molar refractivity (Wildman–Crippen MR) is 95.3 cm³/mol. The minimum atomic E-state index is -0.705. The molecule has 0 fully saturated rings. The average Bonchev–Trinajstić information content (AvgIpc) is 3.08. The van der Waals surface area contributed by atoms with Gasteiger partial charge in [-0.15, -0.1) is 5.10 Å². The largest absolute Gasteiger partial charge is 0.481 e. The number of aromatic nitrogens is 4. The van der Waals surface area contributed by atoms with E-state index in [1.807, 2.05) is 12.1 Å². The number of aliphatic hydroxyl groups excluding tert-OH is 1. The minimum absolute atomic E-state index is 0.0819. The second kappa shape index (κ2) is 7.75. The van der Waals surface area contributed by atoms with Gasteiger partial charge < -0.3 is 15.2 Å². The van der Waals surface area contributed by atoms with Crippen molar-refractivity contribution in [2.75, 3.05) is 5.32 Å². The number of aliphatic hydroxyl groups is 1. The van der Waals surface area contributed by atoms with Gasteiger partial charge in [-0.05, 0) is 47.2 Å². The first-order valence-electron chi connectivity index (χ1n) is 8.07. The topological polar surface area (TPSA) is 102 Å². The van der Waals surface area contributed by atoms with Gasteiger partial charge in [0.05, 0.1) is 6.61 Å². The van der Waals surface area contributed by atoms with Gasteiger partial charge >= 0.3 is 0 Å². The maximum absolute atomic E-state index is 12.4. The Morgan fingerprint density at radius 3 is 2.81 bits per heavy atom. The lowest BCUT2D eigenvalue weighted by Gasteiger charge is -2.15. The van der Waals surface area contributed by atoms with Crippen LogP contribution in [0.3, 0.4) is 0 Å². The molecule has 8 heteroatoms. The van der Waals surface area contributed by atoms with E-state index in [0.29, 0.717) is 17.3 Å². The fourth-order valence-corrected chi connectivity index (χ4v) is 2.43. The van der Waals surface area contributed by atoms with Gasteiger partial charge in [-0.3, -0.25) is 4.79 Å². The molecule has 0 aliphatic carbocycles. The molecule has 0 bridgehead atoms. The smallest absolute Gasteiger partial charge is 0.265 e. The summed E-state index contributed by atoms with van der Waals surface area (Å²) in [6, 6.07) is 14.2. The Labute approximate surface area is 150 Å². The minimum Gasteiger partial charge on any atom is -0.481 e. The highest BCUT2D eigenvalue weighted by atomic mass is 16.5. The second-order valence-electron chi connectivity index (χ2n) is 5.76. The summed E-state index contributed by atoms with van der Waals surface area (Å²) in [4.78, 5) is 12.4. The summed E-state index contributed by atoms with van der Waals surface area (Å²) in [6.45, 7) is 1.58. The van der Waals surface area contributed by atoms with E-state index in [9.17, 15) is 9.90 Å². The van der Waals surface area contributed by atoms with Crippen LogP contribution in [0.25, 0.3) is 11.4 Å². The SMILES string of the molecule is CC(Oc1cccc(CO)c1)C(=O)Nc1cccc(-c2nnnn2C)c1. The normalized spacial score (nSPS) is 11.8. The molecule has 0 radical (unpaired) electrons. The van der Waals surface area contributed by atoms with E-state index in [1.54, 1.807) is 55.1 Å². The Kier molecular flexibility index (Phi) is 5.23. The van der Waals surface area contributed by atoms with Crippen LogP contribution in [0.15, 0.2) is 48.5 Å². The Morgan fingerprint density at radius 2 is 2.08 bits per heavy atom. The van der Waals surface area contributed by atoms with Crippen molar-refractivity contribution in [3.05, 3.63) is 54.1 Å². The van der Waals surface area contributed by atoms with Crippen LogP contribution in [-0.2, 0) is 18.4 Å². The van der Waals surface area contributed by atoms with Gasteiger partial charge in [-0.2, -0.15) is 0 Å². The molecule has 1 atom stereocenters. The molecule has 0 aliphatic rings. The number of nitrogens with one attached hydrogen (secondary N) is 1. The van der Waals surface area contributed by atoms with E-state index in [0.717, 1.165) is 11.1 Å². The van der Waals surface area contributed by atoms with Gasteiger partial charge in [0, 0.05) is 18.3 Å². The zero-order valence-electron chi connectivity index (χ0n) is 14.5. The third kappa shape index (κ3) is 4.04. The first-order chi connectivity index (χ1) is 12.6. The summed E-state index contributed by atoms with van der Waals surface area (Å²) in [5, 5.41) is 23.4. The van der Waals surface area contributed by atoms with Crippen molar-refractivity contribution in [2.24, 2.45) is 7.05 Å². The number of hydrogen-bond acceptors (Lipinski definition) is 6. The number of carbonyl (C=O) groups excluding carboxylic acids is 1. The number of hydrogen-bond donors (Lipinski definition) is 2. The zero-order chi connectivity index (χ0) is 18.5. The molecule has 1 aromatic heterocycles. The number of tetrazole rings is 1. The van der Waals surface area contributed by atoms with Crippen LogP contribution in [0.2, 0.25) is 0 Å². The molecule has 0 saturated carbocycles. The van der Waals surface area contributed by atoms with E-state index < -0.39 is 6.10 Å². The highest BCUT2D eigenvalue weighted by Gasteiger charge is 2.16. The van der Waals surface area contributed by atoms with Crippen molar-refractivity contribution in [1.82, 2.24) is 20.2 Å². The third-order valence-electron chi connectivity index (χ3n) is 3.77. The Balaban J connectivity index is 1.68. The lowest BCUT2D eigenvalue weighted by Crippen LogP contribution is -2.30. The summed E-state index contributed by atoms with van der Waals surface area (Å²) in [5.41, 5.74) is 2.13. The molecular formula is C18H19N5O3. The van der Waals surface area contributed by atoms with Crippen LogP contribution in [0.4, 0.5) is 5.69 Å². The van der Waals surface area contributed by atoms with Crippen molar-refractivity contribution in [3.8, 4) is 17.1 Å². The van der Waals surface area contributed by atoms with E-state index >= 15 is 0 Å². The first-order valence-corrected chi connectivity index (χ1v) is 8.07. The molecular weight excluding hydrogens is 334 g/mol. The zero-order valence-corrected chi connectivity index (χ0v) is 14.5. The van der Waals surface area contributed by atoms with Gasteiger partial charge in [-0.1, -0.05) is 24.3 Å². The molecule has 2 aromatic carbocycles. The van der Waals surface area contributed by atoms with Crippen molar-refractivity contribution in [3.63, 3.8) is 0 Å². The van der Waals surface area contributed by atoms with Crippen LogP contribution < -0.4 is 10.1 Å². The van der Waals surface area contributed by atoms with Gasteiger partial charge in [0.1, 0.15) is 5.75 Å². The second-order valence-corrected chi connectivity index (χ2v) is 5.76. The average molecular weight is 353 g/mol. The fraction of sp³-hybridized carbons (Fsp3) is 0.222. The summed E-state index contributed by atoms with van der Waals surface area (Å²) >= 11 is 0. The predicted octanol–water partition coefficient (Wildman–Crippen LogP) is 1.78. The maximum atomic E-state index is 12.4. The molecule has 26 heavy (non-hydrogen) atoms. The Morgan fingerprint density at radius 1 is 1.27 bits per heavy atom. The monoisotopic (exact) mass is 353 g/mol. The maximum Gasteiger partial charge on any atom is 0.265 e. The standard InChI is InChI=1S/C18H19N5O3/c1-12(26-16-8-3-5-13(9-16)11-24)18(25)19-15-7-4-6-14(10-15)17-20-21-22-23(17)2/h3-10,12,24H,11H2,1-2H3,(H,19,25). The molecule has 0 aliphatic heterocycles. The number of amides is 1. The van der Waals surface area contributed by atoms with E-state index in [-0.39, 0.29) is 12.5 Å². The van der Waals surface area contributed by atoms with Crippen LogP contribution >= 0.6 is 0 Å². The quantitative estimate of drug-likeness (QED) is 0.700. The molecule has 8 nitrogen and oxygen atoms in total. The fourth-order valence-electron chi connectivity index (χ4n) is 2.43. The summed E-state index contributed by atoms with van der Waals surface area (Å²) in [6.07, 6.45) is -0.705. The van der Waals surface area contributed by atoms with E-state index in [1.165, 1.54) is 0 Å². The van der Waals surface area contributed by atoms with Gasteiger partial charge in [0.25, 0.3) is 5.91 Å². The number of nitrogens with zero attached hydrogens (tertiary/aromatic N) is 4. The van der Waals surface area contributed by atoms with Crippen molar-refractivity contribution < 1.29 is 14.6 Å². The number of anilines is 1. The number of aryl methyl sites for hydroxylation is 1. The van der Waals surface area contributed by atoms with Crippen LogP contribution in [0.5, 0.6) is 5.75 Å². The van der Waals surface area contributed by atoms with Crippen LogP contribution in [0, 0.1) is 0 Å². The van der Waals surface area contributed by atoms with Crippen molar-refractivity contribution in [1.29, 1.82) is 0 Å². The number of rotatable bonds is 6. The number of carbonyl (C=O) groups is 1. The molecule has 1 unspecified atom stereocenters.